The van der Waals surface area contributed by atoms with Crippen molar-refractivity contribution in [1.29, 1.82) is 0 Å². The molecule has 26 heavy (non-hydrogen) atoms. The fourth-order valence-corrected chi connectivity index (χ4v) is 2.05. The average Bonchev–Trinajstić information content (AvgIpc) is 2.58. The Morgan fingerprint density at radius 3 is 2.31 bits per heavy atom. The number of hydrogen-bond acceptors (Lipinski definition) is 4. The first-order valence-corrected chi connectivity index (χ1v) is 7.80. The highest BCUT2D eigenvalue weighted by Crippen LogP contribution is 2.29. The van der Waals surface area contributed by atoms with E-state index in [1.54, 1.807) is 12.1 Å². The van der Waals surface area contributed by atoms with Gasteiger partial charge in [-0.15, -0.1) is 0 Å². The Morgan fingerprint density at radius 2 is 1.81 bits per heavy atom. The number of ether oxygens (including phenoxy) is 1. The number of aromatic carboxylic acids is 1. The van der Waals surface area contributed by atoms with Crippen molar-refractivity contribution in [3.05, 3.63) is 59.3 Å². The van der Waals surface area contributed by atoms with E-state index in [-0.39, 0.29) is 18.1 Å². The number of pyridine rings is 1. The van der Waals surface area contributed by atoms with Crippen LogP contribution in [0.5, 0.6) is 5.88 Å². The number of nitrogens with zero attached hydrogens (tertiary/aromatic N) is 1. The van der Waals surface area contributed by atoms with Crippen molar-refractivity contribution in [3.63, 3.8) is 0 Å². The fourth-order valence-electron chi connectivity index (χ4n) is 2.05. The van der Waals surface area contributed by atoms with Crippen LogP contribution in [0.1, 0.15) is 35.3 Å². The van der Waals surface area contributed by atoms with Gasteiger partial charge in [0.05, 0.1) is 11.1 Å². The van der Waals surface area contributed by atoms with Crippen molar-refractivity contribution in [1.82, 2.24) is 10.3 Å². The summed E-state index contributed by atoms with van der Waals surface area (Å²) in [5.41, 5.74) is -0.192. The van der Waals surface area contributed by atoms with Gasteiger partial charge in [0.1, 0.15) is 6.61 Å². The molecule has 0 radical (unpaired) electrons. The van der Waals surface area contributed by atoms with Gasteiger partial charge in [0.2, 0.25) is 5.88 Å². The summed E-state index contributed by atoms with van der Waals surface area (Å²) in [6.45, 7) is 4.43. The third-order valence-corrected chi connectivity index (χ3v) is 3.62. The van der Waals surface area contributed by atoms with E-state index >= 15 is 0 Å². The third-order valence-electron chi connectivity index (χ3n) is 3.62. The van der Waals surface area contributed by atoms with Crippen LogP contribution in [0.2, 0.25) is 0 Å². The van der Waals surface area contributed by atoms with Crippen molar-refractivity contribution >= 4 is 5.97 Å². The van der Waals surface area contributed by atoms with Crippen molar-refractivity contribution < 1.29 is 27.8 Å². The lowest BCUT2D eigenvalue weighted by atomic mass is 10.1. The normalized spacial score (nSPS) is 12.0. The molecule has 2 rings (SSSR count). The summed E-state index contributed by atoms with van der Waals surface area (Å²) in [6, 6.07) is 8.58. The summed E-state index contributed by atoms with van der Waals surface area (Å²) in [4.78, 5) is 14.5. The predicted octanol–water partition coefficient (Wildman–Crippen LogP) is 3.75. The average molecular weight is 368 g/mol. The molecule has 5 nitrogen and oxygen atoms in total. The zero-order chi connectivity index (χ0) is 19.4. The maximum atomic E-state index is 12.5. The SMILES string of the molecule is CC(C)(COc1ccc(C(F)(F)F)cn1)NCc1ccc(C(=O)O)cc1. The first kappa shape index (κ1) is 19.7. The number of nitrogens with one attached hydrogen (secondary N) is 1. The highest BCUT2D eigenvalue weighted by atomic mass is 19.4. The minimum Gasteiger partial charge on any atom is -0.478 e. The van der Waals surface area contributed by atoms with Gasteiger partial charge in [-0.3, -0.25) is 0 Å². The molecule has 1 heterocycles. The van der Waals surface area contributed by atoms with E-state index in [0.717, 1.165) is 17.8 Å². The van der Waals surface area contributed by atoms with Crippen LogP contribution in [0.3, 0.4) is 0 Å². The second-order valence-corrected chi connectivity index (χ2v) is 6.41. The van der Waals surface area contributed by atoms with Crippen molar-refractivity contribution in [2.24, 2.45) is 0 Å². The lowest BCUT2D eigenvalue weighted by Crippen LogP contribution is -2.44. The van der Waals surface area contributed by atoms with Crippen LogP contribution >= 0.6 is 0 Å². The Labute approximate surface area is 148 Å². The highest BCUT2D eigenvalue weighted by Gasteiger charge is 2.30. The van der Waals surface area contributed by atoms with E-state index < -0.39 is 23.2 Å². The van der Waals surface area contributed by atoms with Gasteiger partial charge >= 0.3 is 12.1 Å². The molecule has 0 aliphatic carbocycles. The summed E-state index contributed by atoms with van der Waals surface area (Å²) in [5.74, 6) is -0.874. The number of carboxylic acids is 1. The van der Waals surface area contributed by atoms with Gasteiger partial charge in [0.25, 0.3) is 0 Å². The van der Waals surface area contributed by atoms with Crippen LogP contribution in [-0.2, 0) is 12.7 Å². The molecule has 0 fully saturated rings. The van der Waals surface area contributed by atoms with Gasteiger partial charge in [0, 0.05) is 24.3 Å². The van der Waals surface area contributed by atoms with Gasteiger partial charge in [-0.1, -0.05) is 12.1 Å². The van der Waals surface area contributed by atoms with Crippen LogP contribution in [0.4, 0.5) is 13.2 Å². The quantitative estimate of drug-likeness (QED) is 0.779. The number of halogens is 3. The van der Waals surface area contributed by atoms with Gasteiger partial charge in [-0.25, -0.2) is 9.78 Å². The first-order valence-electron chi connectivity index (χ1n) is 7.80. The van der Waals surface area contributed by atoms with Crippen LogP contribution < -0.4 is 10.1 Å². The van der Waals surface area contributed by atoms with Crippen molar-refractivity contribution in [3.8, 4) is 5.88 Å². The van der Waals surface area contributed by atoms with Gasteiger partial charge < -0.3 is 15.2 Å². The smallest absolute Gasteiger partial charge is 0.417 e. The Bertz CT molecular complexity index is 742. The fraction of sp³-hybridized carbons (Fsp3) is 0.333. The number of carboxylic acid groups (broad SMARTS) is 1. The van der Waals surface area contributed by atoms with E-state index in [2.05, 4.69) is 10.3 Å². The third kappa shape index (κ3) is 5.73. The molecule has 1 aromatic carbocycles. The predicted molar refractivity (Wildman–Crippen MR) is 89.1 cm³/mol. The molecular weight excluding hydrogens is 349 g/mol. The number of hydrogen-bond donors (Lipinski definition) is 2. The number of benzene rings is 1. The molecule has 0 atom stereocenters. The van der Waals surface area contributed by atoms with Gasteiger partial charge in [-0.05, 0) is 37.6 Å². The molecule has 2 N–H and O–H groups in total. The molecule has 8 heteroatoms. The maximum Gasteiger partial charge on any atom is 0.417 e. The topological polar surface area (TPSA) is 71.5 Å². The molecule has 0 aliphatic heterocycles. The minimum atomic E-state index is -4.43. The van der Waals surface area contributed by atoms with Crippen molar-refractivity contribution in [2.45, 2.75) is 32.1 Å². The highest BCUT2D eigenvalue weighted by molar-refractivity contribution is 5.87. The van der Waals surface area contributed by atoms with E-state index in [4.69, 9.17) is 9.84 Å². The Balaban J connectivity index is 1.87. The molecule has 0 aliphatic rings. The largest absolute Gasteiger partial charge is 0.478 e. The molecular formula is C18H19F3N2O3. The molecule has 140 valence electrons. The van der Waals surface area contributed by atoms with Gasteiger partial charge in [-0.2, -0.15) is 13.2 Å². The van der Waals surface area contributed by atoms with E-state index in [1.165, 1.54) is 18.2 Å². The minimum absolute atomic E-state index is 0.110. The standard InChI is InChI=1S/C18H19F3N2O3/c1-17(2,23-9-12-3-5-13(6-4-12)16(24)25)11-26-15-8-7-14(10-22-15)18(19,20)21/h3-8,10,23H,9,11H2,1-2H3,(H,24,25). The second kappa shape index (κ2) is 7.74. The number of aromatic nitrogens is 1. The molecule has 0 saturated carbocycles. The van der Waals surface area contributed by atoms with Gasteiger partial charge in [0.15, 0.2) is 0 Å². The zero-order valence-electron chi connectivity index (χ0n) is 14.3. The summed E-state index contributed by atoms with van der Waals surface area (Å²) in [6.07, 6.45) is -3.69. The Hall–Kier alpha value is -2.61. The van der Waals surface area contributed by atoms with Crippen molar-refractivity contribution in [2.75, 3.05) is 6.61 Å². The lowest BCUT2D eigenvalue weighted by molar-refractivity contribution is -0.137. The number of rotatable bonds is 7. The van der Waals surface area contributed by atoms with E-state index in [9.17, 15) is 18.0 Å². The molecule has 0 amide bonds. The van der Waals surface area contributed by atoms with E-state index in [0.29, 0.717) is 6.54 Å². The lowest BCUT2D eigenvalue weighted by Gasteiger charge is -2.26. The molecule has 2 aromatic rings. The Morgan fingerprint density at radius 1 is 1.15 bits per heavy atom. The van der Waals surface area contributed by atoms with Crippen LogP contribution in [0.25, 0.3) is 0 Å². The number of carbonyl (C=O) groups is 1. The van der Waals surface area contributed by atoms with Crippen LogP contribution in [-0.4, -0.2) is 28.2 Å². The van der Waals surface area contributed by atoms with Crippen LogP contribution in [0.15, 0.2) is 42.6 Å². The molecule has 0 saturated heterocycles. The molecule has 0 unspecified atom stereocenters. The molecule has 0 bridgehead atoms. The summed E-state index contributed by atoms with van der Waals surface area (Å²) in [7, 11) is 0. The Kier molecular flexibility index (Phi) is 5.86. The molecule has 0 spiro atoms. The first-order chi connectivity index (χ1) is 12.1. The summed E-state index contributed by atoms with van der Waals surface area (Å²) < 4.78 is 43.0. The second-order valence-electron chi connectivity index (χ2n) is 6.41. The monoisotopic (exact) mass is 368 g/mol. The molecule has 1 aromatic heterocycles. The van der Waals surface area contributed by atoms with E-state index in [1.807, 2.05) is 13.8 Å². The van der Waals surface area contributed by atoms with Crippen LogP contribution in [0, 0.1) is 0 Å². The maximum absolute atomic E-state index is 12.5. The summed E-state index contributed by atoms with van der Waals surface area (Å²) in [5, 5.41) is 12.1. The zero-order valence-corrected chi connectivity index (χ0v) is 14.3. The number of alkyl halides is 3. The summed E-state index contributed by atoms with van der Waals surface area (Å²) >= 11 is 0.